The fourth-order valence-electron chi connectivity index (χ4n) is 2.60. The molecular weight excluding hydrogens is 276 g/mol. The fraction of sp³-hybridized carbons (Fsp3) is 0.786. The molecule has 0 bridgehead atoms. The third kappa shape index (κ3) is 4.61. The van der Waals surface area contributed by atoms with Crippen LogP contribution in [0.2, 0.25) is 0 Å². The van der Waals surface area contributed by atoms with Crippen LogP contribution < -0.4 is 0 Å². The zero-order chi connectivity index (χ0) is 16.2. The second kappa shape index (κ2) is 7.28. The topological polar surface area (TPSA) is 87.2 Å². The van der Waals surface area contributed by atoms with E-state index in [1.165, 1.54) is 16.9 Å². The molecule has 0 saturated carbocycles. The van der Waals surface area contributed by atoms with Crippen molar-refractivity contribution in [1.29, 1.82) is 0 Å². The van der Waals surface area contributed by atoms with E-state index >= 15 is 0 Å². The van der Waals surface area contributed by atoms with Crippen molar-refractivity contribution < 1.29 is 24.2 Å². The minimum absolute atomic E-state index is 0.00660. The average Bonchev–Trinajstić information content (AvgIpc) is 2.77. The normalized spacial score (nSPS) is 21.5. The van der Waals surface area contributed by atoms with Gasteiger partial charge in [0.05, 0.1) is 13.0 Å². The maximum atomic E-state index is 12.5. The lowest BCUT2D eigenvalue weighted by Crippen LogP contribution is -2.46. The number of nitrogens with zero attached hydrogens (tertiary/aromatic N) is 2. The number of esters is 1. The number of amides is 2. The summed E-state index contributed by atoms with van der Waals surface area (Å²) >= 11 is 0. The summed E-state index contributed by atoms with van der Waals surface area (Å²) < 4.78 is 4.74. The van der Waals surface area contributed by atoms with Crippen LogP contribution in [0.15, 0.2) is 0 Å². The number of aliphatic carboxylic acids is 1. The molecule has 7 heteroatoms. The molecule has 2 unspecified atom stereocenters. The van der Waals surface area contributed by atoms with Crippen LogP contribution in [-0.2, 0) is 14.3 Å². The van der Waals surface area contributed by atoms with Gasteiger partial charge in [0.15, 0.2) is 0 Å². The number of carboxylic acid groups (broad SMARTS) is 1. The Kier molecular flexibility index (Phi) is 5.99. The van der Waals surface area contributed by atoms with Crippen LogP contribution in [0.4, 0.5) is 4.79 Å². The highest BCUT2D eigenvalue weighted by Crippen LogP contribution is 2.25. The molecule has 0 radical (unpaired) electrons. The standard InChI is InChI=1S/C14H24N2O5/c1-9(2)5-15(8-12(17)18)14(20)16-6-10(3)11(7-16)13(19)21-4/h9-11H,5-8H2,1-4H3,(H,17,18). The lowest BCUT2D eigenvalue weighted by atomic mass is 9.99. The molecule has 0 aromatic rings. The Labute approximate surface area is 124 Å². The number of likely N-dealkylation sites (tertiary alicyclic amines) is 1. The number of carboxylic acids is 1. The average molecular weight is 300 g/mol. The number of hydrogen-bond acceptors (Lipinski definition) is 4. The molecule has 1 aliphatic rings. The summed E-state index contributed by atoms with van der Waals surface area (Å²) in [6, 6.07) is -0.329. The van der Waals surface area contributed by atoms with Gasteiger partial charge in [0.1, 0.15) is 6.54 Å². The Hall–Kier alpha value is -1.79. The van der Waals surface area contributed by atoms with Crippen molar-refractivity contribution in [1.82, 2.24) is 9.80 Å². The number of methoxy groups -OCH3 is 1. The molecule has 1 rings (SSSR count). The molecule has 1 fully saturated rings. The van der Waals surface area contributed by atoms with Gasteiger partial charge in [-0.1, -0.05) is 20.8 Å². The van der Waals surface area contributed by atoms with Crippen LogP contribution in [0.25, 0.3) is 0 Å². The molecule has 1 saturated heterocycles. The number of ether oxygens (including phenoxy) is 1. The van der Waals surface area contributed by atoms with Gasteiger partial charge >= 0.3 is 18.0 Å². The van der Waals surface area contributed by atoms with E-state index in [1.807, 2.05) is 20.8 Å². The Balaban J connectivity index is 2.76. The SMILES string of the molecule is COC(=O)C1CN(C(=O)N(CC(=O)O)CC(C)C)CC1C. The Morgan fingerprint density at radius 2 is 1.95 bits per heavy atom. The molecule has 2 atom stereocenters. The Morgan fingerprint density at radius 1 is 1.33 bits per heavy atom. The third-order valence-electron chi connectivity index (χ3n) is 3.57. The first kappa shape index (κ1) is 17.3. The van der Waals surface area contributed by atoms with Gasteiger partial charge in [0, 0.05) is 19.6 Å². The first-order valence-corrected chi connectivity index (χ1v) is 7.09. The molecule has 1 heterocycles. The van der Waals surface area contributed by atoms with E-state index < -0.39 is 5.97 Å². The van der Waals surface area contributed by atoms with Crippen molar-refractivity contribution in [3.05, 3.63) is 0 Å². The number of hydrogen-bond donors (Lipinski definition) is 1. The van der Waals surface area contributed by atoms with Crippen molar-refractivity contribution in [3.63, 3.8) is 0 Å². The fourth-order valence-corrected chi connectivity index (χ4v) is 2.60. The predicted molar refractivity (Wildman–Crippen MR) is 75.7 cm³/mol. The summed E-state index contributed by atoms with van der Waals surface area (Å²) in [6.07, 6.45) is 0. The Bertz CT molecular complexity index is 410. The number of urea groups is 1. The lowest BCUT2D eigenvalue weighted by molar-refractivity contribution is -0.146. The van der Waals surface area contributed by atoms with E-state index in [4.69, 9.17) is 9.84 Å². The highest BCUT2D eigenvalue weighted by Gasteiger charge is 2.39. The number of carbonyl (C=O) groups is 3. The molecule has 7 nitrogen and oxygen atoms in total. The molecule has 1 aliphatic heterocycles. The van der Waals surface area contributed by atoms with Crippen LogP contribution in [0, 0.1) is 17.8 Å². The van der Waals surface area contributed by atoms with Crippen LogP contribution in [0.1, 0.15) is 20.8 Å². The van der Waals surface area contributed by atoms with E-state index in [2.05, 4.69) is 0 Å². The zero-order valence-electron chi connectivity index (χ0n) is 13.0. The second-order valence-corrected chi connectivity index (χ2v) is 5.96. The smallest absolute Gasteiger partial charge is 0.323 e. The summed E-state index contributed by atoms with van der Waals surface area (Å²) in [4.78, 5) is 37.9. The maximum Gasteiger partial charge on any atom is 0.323 e. The first-order chi connectivity index (χ1) is 9.76. The number of carbonyl (C=O) groups excluding carboxylic acids is 2. The highest BCUT2D eigenvalue weighted by molar-refractivity contribution is 5.82. The van der Waals surface area contributed by atoms with Gasteiger partial charge in [-0.3, -0.25) is 9.59 Å². The minimum Gasteiger partial charge on any atom is -0.480 e. The number of rotatable bonds is 5. The molecule has 120 valence electrons. The van der Waals surface area contributed by atoms with Crippen molar-refractivity contribution in [2.75, 3.05) is 33.3 Å². The zero-order valence-corrected chi connectivity index (χ0v) is 13.0. The largest absolute Gasteiger partial charge is 0.480 e. The predicted octanol–water partition coefficient (Wildman–Crippen LogP) is 0.890. The molecule has 2 amide bonds. The van der Waals surface area contributed by atoms with Crippen molar-refractivity contribution in [2.24, 2.45) is 17.8 Å². The summed E-state index contributed by atoms with van der Waals surface area (Å²) in [6.45, 7) is 6.49. The summed E-state index contributed by atoms with van der Waals surface area (Å²) in [5.41, 5.74) is 0. The van der Waals surface area contributed by atoms with Gasteiger partial charge < -0.3 is 19.6 Å². The van der Waals surface area contributed by atoms with E-state index in [0.29, 0.717) is 13.1 Å². The molecular formula is C14H24N2O5. The van der Waals surface area contributed by atoms with E-state index in [-0.39, 0.29) is 42.8 Å². The van der Waals surface area contributed by atoms with Gasteiger partial charge in [-0.05, 0) is 11.8 Å². The van der Waals surface area contributed by atoms with E-state index in [1.54, 1.807) is 0 Å². The first-order valence-electron chi connectivity index (χ1n) is 7.09. The van der Waals surface area contributed by atoms with Crippen molar-refractivity contribution in [2.45, 2.75) is 20.8 Å². The van der Waals surface area contributed by atoms with Gasteiger partial charge in [-0.25, -0.2) is 4.79 Å². The molecule has 0 aromatic carbocycles. The minimum atomic E-state index is -1.04. The quantitative estimate of drug-likeness (QED) is 0.762. The van der Waals surface area contributed by atoms with Gasteiger partial charge in [0.2, 0.25) is 0 Å². The lowest BCUT2D eigenvalue weighted by Gasteiger charge is -2.28. The molecule has 21 heavy (non-hydrogen) atoms. The monoisotopic (exact) mass is 300 g/mol. The maximum absolute atomic E-state index is 12.5. The van der Waals surface area contributed by atoms with E-state index in [9.17, 15) is 14.4 Å². The summed E-state index contributed by atoms with van der Waals surface area (Å²) in [7, 11) is 1.33. The van der Waals surface area contributed by atoms with E-state index in [0.717, 1.165) is 0 Å². The molecule has 0 aromatic heterocycles. The van der Waals surface area contributed by atoms with Crippen LogP contribution >= 0.6 is 0 Å². The van der Waals surface area contributed by atoms with Crippen LogP contribution in [0.3, 0.4) is 0 Å². The van der Waals surface area contributed by atoms with Crippen LogP contribution in [0.5, 0.6) is 0 Å². The molecule has 0 spiro atoms. The Morgan fingerprint density at radius 3 is 2.43 bits per heavy atom. The van der Waals surface area contributed by atoms with Crippen LogP contribution in [-0.4, -0.2) is 66.2 Å². The second-order valence-electron chi connectivity index (χ2n) is 5.96. The van der Waals surface area contributed by atoms with Crippen molar-refractivity contribution in [3.8, 4) is 0 Å². The molecule has 0 aliphatic carbocycles. The van der Waals surface area contributed by atoms with Gasteiger partial charge in [-0.15, -0.1) is 0 Å². The third-order valence-corrected chi connectivity index (χ3v) is 3.57. The highest BCUT2D eigenvalue weighted by atomic mass is 16.5. The summed E-state index contributed by atoms with van der Waals surface area (Å²) in [5, 5.41) is 8.93. The van der Waals surface area contributed by atoms with Gasteiger partial charge in [0.25, 0.3) is 0 Å². The molecule has 1 N–H and O–H groups in total. The van der Waals surface area contributed by atoms with Gasteiger partial charge in [-0.2, -0.15) is 0 Å². The van der Waals surface area contributed by atoms with Crippen molar-refractivity contribution >= 4 is 18.0 Å². The summed E-state index contributed by atoms with van der Waals surface area (Å²) in [5.74, 6) is -1.53.